The Morgan fingerprint density at radius 2 is 1.82 bits per heavy atom. The Morgan fingerprint density at radius 3 is 2.35 bits per heavy atom. The molecule has 0 fully saturated rings. The fourth-order valence-corrected chi connectivity index (χ4v) is 1.22. The number of esters is 1. The zero-order chi connectivity index (χ0) is 12.9. The highest BCUT2D eigenvalue weighted by Gasteiger charge is 2.03. The molecule has 0 radical (unpaired) electrons. The maximum Gasteiger partial charge on any atom is 0.305 e. The zero-order valence-electron chi connectivity index (χ0n) is 9.90. The summed E-state index contributed by atoms with van der Waals surface area (Å²) in [4.78, 5) is 31.1. The van der Waals surface area contributed by atoms with E-state index in [-0.39, 0.29) is 5.97 Å². The Morgan fingerprint density at radius 1 is 1.18 bits per heavy atom. The van der Waals surface area contributed by atoms with Crippen LogP contribution in [0.5, 0.6) is 0 Å². The van der Waals surface area contributed by atoms with Crippen molar-refractivity contribution < 1.29 is 19.1 Å². The fourth-order valence-electron chi connectivity index (χ4n) is 1.22. The third-order valence-corrected chi connectivity index (χ3v) is 2.10. The molecule has 0 atom stereocenters. The molecule has 0 aliphatic heterocycles. The summed E-state index contributed by atoms with van der Waals surface area (Å²) in [6.07, 6.45) is 3.36. The zero-order valence-corrected chi connectivity index (χ0v) is 9.90. The molecular formula is C10H19N3O4. The summed E-state index contributed by atoms with van der Waals surface area (Å²) in [6, 6.07) is 0. The highest BCUT2D eigenvalue weighted by molar-refractivity contribution is 5.68. The molecule has 7 heteroatoms. The minimum absolute atomic E-state index is 0.207. The van der Waals surface area contributed by atoms with Gasteiger partial charge in [-0.25, -0.2) is 0 Å². The smallest absolute Gasteiger partial charge is 0.305 e. The molecule has 0 saturated heterocycles. The van der Waals surface area contributed by atoms with Gasteiger partial charge < -0.3 is 15.4 Å². The minimum Gasteiger partial charge on any atom is -0.469 e. The van der Waals surface area contributed by atoms with E-state index in [9.17, 15) is 14.4 Å². The summed E-state index contributed by atoms with van der Waals surface area (Å²) in [5.41, 5.74) is 0. The Bertz CT molecular complexity index is 226. The van der Waals surface area contributed by atoms with Crippen LogP contribution in [-0.2, 0) is 19.1 Å². The second-order valence-corrected chi connectivity index (χ2v) is 3.34. The maximum atomic E-state index is 10.8. The Kier molecular flexibility index (Phi) is 9.83. The monoisotopic (exact) mass is 245 g/mol. The topological polar surface area (TPSA) is 96.5 Å². The number of rotatable bonds is 11. The van der Waals surface area contributed by atoms with Gasteiger partial charge >= 0.3 is 5.97 Å². The van der Waals surface area contributed by atoms with E-state index >= 15 is 0 Å². The van der Waals surface area contributed by atoms with E-state index in [1.165, 1.54) is 7.11 Å². The van der Waals surface area contributed by atoms with Crippen LogP contribution in [-0.4, -0.2) is 38.7 Å². The van der Waals surface area contributed by atoms with Crippen molar-refractivity contribution in [3.8, 4) is 0 Å². The molecule has 3 N–H and O–H groups in total. The van der Waals surface area contributed by atoms with Crippen LogP contribution >= 0.6 is 0 Å². The van der Waals surface area contributed by atoms with E-state index in [1.807, 2.05) is 0 Å². The van der Waals surface area contributed by atoms with Gasteiger partial charge in [-0.15, -0.1) is 0 Å². The van der Waals surface area contributed by atoms with E-state index < -0.39 is 6.29 Å². The van der Waals surface area contributed by atoms with Gasteiger partial charge in [-0.2, -0.15) is 0 Å². The van der Waals surface area contributed by atoms with E-state index in [4.69, 9.17) is 0 Å². The lowest BCUT2D eigenvalue weighted by Gasteiger charge is -2.16. The molecule has 2 amide bonds. The fraction of sp³-hybridized carbons (Fsp3) is 0.700. The van der Waals surface area contributed by atoms with Crippen molar-refractivity contribution in [2.75, 3.05) is 13.7 Å². The number of carbonyl (C=O) groups excluding carboxylic acids is 3. The first-order chi connectivity index (χ1) is 8.24. The molecule has 0 aromatic carbocycles. The molecule has 0 rings (SSSR count). The molecule has 0 unspecified atom stereocenters. The lowest BCUT2D eigenvalue weighted by atomic mass is 10.2. The van der Waals surface area contributed by atoms with Crippen LogP contribution < -0.4 is 16.0 Å². The Hall–Kier alpha value is -1.63. The number of ether oxygens (including phenoxy) is 1. The van der Waals surface area contributed by atoms with E-state index in [0.29, 0.717) is 25.8 Å². The van der Waals surface area contributed by atoms with Crippen LogP contribution in [0.4, 0.5) is 0 Å². The normalized spacial score (nSPS) is 9.76. The number of amides is 2. The van der Waals surface area contributed by atoms with Crippen molar-refractivity contribution in [2.24, 2.45) is 0 Å². The van der Waals surface area contributed by atoms with Gasteiger partial charge in [0.1, 0.15) is 0 Å². The SMILES string of the molecule is COC(=O)CCCCCNC(NC=O)NC=O. The van der Waals surface area contributed by atoms with Crippen molar-refractivity contribution in [2.45, 2.75) is 32.0 Å². The quantitative estimate of drug-likeness (QED) is 0.189. The second kappa shape index (κ2) is 10.9. The van der Waals surface area contributed by atoms with E-state index in [2.05, 4.69) is 20.7 Å². The summed E-state index contributed by atoms with van der Waals surface area (Å²) in [5.74, 6) is -0.207. The van der Waals surface area contributed by atoms with Crippen molar-refractivity contribution in [1.29, 1.82) is 0 Å². The summed E-state index contributed by atoms with van der Waals surface area (Å²) in [6.45, 7) is 0.632. The standard InChI is InChI=1S/C10H19N3O4/c1-17-9(16)5-3-2-4-6-11-10(12-7-14)13-8-15/h7-8,10-11H,2-6H2,1H3,(H,12,14)(H,13,15). The van der Waals surface area contributed by atoms with Crippen molar-refractivity contribution in [3.63, 3.8) is 0 Å². The first-order valence-electron chi connectivity index (χ1n) is 5.44. The van der Waals surface area contributed by atoms with Gasteiger partial charge in [0, 0.05) is 6.42 Å². The van der Waals surface area contributed by atoms with Gasteiger partial charge in [0.15, 0.2) is 6.29 Å². The average Bonchev–Trinajstić information content (AvgIpc) is 2.33. The molecule has 0 aromatic heterocycles. The van der Waals surface area contributed by atoms with Crippen LogP contribution in [0.1, 0.15) is 25.7 Å². The molecule has 98 valence electrons. The van der Waals surface area contributed by atoms with Crippen LogP contribution in [0.25, 0.3) is 0 Å². The molecule has 0 bridgehead atoms. The van der Waals surface area contributed by atoms with Crippen LogP contribution in [0.3, 0.4) is 0 Å². The summed E-state index contributed by atoms with van der Waals surface area (Å²) in [7, 11) is 1.37. The number of nitrogens with one attached hydrogen (secondary N) is 3. The third kappa shape index (κ3) is 9.31. The molecule has 0 saturated carbocycles. The van der Waals surface area contributed by atoms with Gasteiger partial charge in [-0.05, 0) is 19.4 Å². The molecule has 17 heavy (non-hydrogen) atoms. The van der Waals surface area contributed by atoms with Gasteiger partial charge in [0.2, 0.25) is 12.8 Å². The lowest BCUT2D eigenvalue weighted by molar-refractivity contribution is -0.140. The van der Waals surface area contributed by atoms with Crippen molar-refractivity contribution >= 4 is 18.8 Å². The molecular weight excluding hydrogens is 226 g/mol. The van der Waals surface area contributed by atoms with Crippen molar-refractivity contribution in [1.82, 2.24) is 16.0 Å². The summed E-state index contributed by atoms with van der Waals surface area (Å²) >= 11 is 0. The number of methoxy groups -OCH3 is 1. The number of carbonyl (C=O) groups is 3. The van der Waals surface area contributed by atoms with Crippen LogP contribution in [0.2, 0.25) is 0 Å². The first-order valence-corrected chi connectivity index (χ1v) is 5.44. The number of hydrogen-bond donors (Lipinski definition) is 3. The average molecular weight is 245 g/mol. The predicted octanol–water partition coefficient (Wildman–Crippen LogP) is -0.915. The highest BCUT2D eigenvalue weighted by Crippen LogP contribution is 1.99. The predicted molar refractivity (Wildman–Crippen MR) is 60.7 cm³/mol. The minimum atomic E-state index is -0.550. The molecule has 7 nitrogen and oxygen atoms in total. The second-order valence-electron chi connectivity index (χ2n) is 3.34. The van der Waals surface area contributed by atoms with Gasteiger partial charge in [0.25, 0.3) is 0 Å². The summed E-state index contributed by atoms with van der Waals surface area (Å²) < 4.78 is 4.51. The maximum absolute atomic E-state index is 10.8. The molecule has 0 aliphatic rings. The lowest BCUT2D eigenvalue weighted by Crippen LogP contribution is -2.52. The number of hydrogen-bond acceptors (Lipinski definition) is 5. The summed E-state index contributed by atoms with van der Waals surface area (Å²) in [5, 5.41) is 7.71. The Labute approximate surface area is 100 Å². The van der Waals surface area contributed by atoms with Crippen LogP contribution in [0, 0.1) is 0 Å². The Balaban J connectivity index is 3.44. The molecule has 0 heterocycles. The van der Waals surface area contributed by atoms with E-state index in [0.717, 1.165) is 19.3 Å². The van der Waals surface area contributed by atoms with Gasteiger partial charge in [-0.1, -0.05) is 6.42 Å². The van der Waals surface area contributed by atoms with Gasteiger partial charge in [0.05, 0.1) is 7.11 Å². The molecule has 0 aliphatic carbocycles. The molecule has 0 spiro atoms. The number of unbranched alkanes of at least 4 members (excludes halogenated alkanes) is 2. The third-order valence-electron chi connectivity index (χ3n) is 2.10. The molecule has 0 aromatic rings. The van der Waals surface area contributed by atoms with Gasteiger partial charge in [-0.3, -0.25) is 19.7 Å². The largest absolute Gasteiger partial charge is 0.469 e. The van der Waals surface area contributed by atoms with Crippen LogP contribution in [0.15, 0.2) is 0 Å². The van der Waals surface area contributed by atoms with Crippen molar-refractivity contribution in [3.05, 3.63) is 0 Å². The first kappa shape index (κ1) is 15.4. The highest BCUT2D eigenvalue weighted by atomic mass is 16.5. The van der Waals surface area contributed by atoms with E-state index in [1.54, 1.807) is 0 Å².